The summed E-state index contributed by atoms with van der Waals surface area (Å²) in [5.41, 5.74) is 2.34. The zero-order valence-electron chi connectivity index (χ0n) is 12.5. The van der Waals surface area contributed by atoms with E-state index in [0.717, 1.165) is 11.4 Å². The molecule has 1 unspecified atom stereocenters. The molecule has 0 saturated carbocycles. The van der Waals surface area contributed by atoms with E-state index < -0.39 is 0 Å². The van der Waals surface area contributed by atoms with Gasteiger partial charge in [0.05, 0.1) is 11.9 Å². The van der Waals surface area contributed by atoms with Crippen LogP contribution in [0.15, 0.2) is 29.6 Å². The lowest BCUT2D eigenvalue weighted by atomic mass is 10.2. The normalized spacial score (nSPS) is 12.2. The van der Waals surface area contributed by atoms with Gasteiger partial charge in [-0.3, -0.25) is 4.79 Å². The fraction of sp³-hybridized carbons (Fsp3) is 0.312. The lowest BCUT2D eigenvalue weighted by Crippen LogP contribution is -3.08. The van der Waals surface area contributed by atoms with Crippen LogP contribution in [0.2, 0.25) is 0 Å². The summed E-state index contributed by atoms with van der Waals surface area (Å²) in [4.78, 5) is 14.4. The van der Waals surface area contributed by atoms with Crippen LogP contribution in [0, 0.1) is 19.7 Å². The minimum atomic E-state index is -0.303. The number of carbonyl (C=O) groups is 1. The topological polar surface area (TPSA) is 33.5 Å². The van der Waals surface area contributed by atoms with Gasteiger partial charge in [0.1, 0.15) is 12.4 Å². The molecule has 0 aliphatic carbocycles. The first kappa shape index (κ1) is 15.7. The van der Waals surface area contributed by atoms with Crippen molar-refractivity contribution in [1.29, 1.82) is 0 Å². The standard InChI is InChI=1S/C16H19FN2OS/c1-11-4-5-13(8-14(11)17)18-16(20)10-19(3)9-15-12(2)6-7-21-15/h4-8H,9-10H2,1-3H3,(H,18,20)/p+1. The summed E-state index contributed by atoms with van der Waals surface area (Å²) in [7, 11) is 1.98. The van der Waals surface area contributed by atoms with Crippen LogP contribution in [0.1, 0.15) is 16.0 Å². The largest absolute Gasteiger partial charge is 0.325 e. The molecule has 1 amide bonds. The first-order valence-electron chi connectivity index (χ1n) is 6.86. The van der Waals surface area contributed by atoms with Gasteiger partial charge in [0.2, 0.25) is 0 Å². The average molecular weight is 307 g/mol. The summed E-state index contributed by atoms with van der Waals surface area (Å²) < 4.78 is 13.4. The van der Waals surface area contributed by atoms with Gasteiger partial charge in [0.25, 0.3) is 5.91 Å². The van der Waals surface area contributed by atoms with Crippen molar-refractivity contribution < 1.29 is 14.1 Å². The lowest BCUT2D eigenvalue weighted by Gasteiger charge is -2.13. The molecule has 2 aromatic rings. The highest BCUT2D eigenvalue weighted by Crippen LogP contribution is 2.14. The second-order valence-corrected chi connectivity index (χ2v) is 6.35. The number of halogens is 1. The van der Waals surface area contributed by atoms with Crippen LogP contribution in [0.25, 0.3) is 0 Å². The molecule has 21 heavy (non-hydrogen) atoms. The molecule has 1 heterocycles. The van der Waals surface area contributed by atoms with Crippen LogP contribution >= 0.6 is 11.3 Å². The van der Waals surface area contributed by atoms with Crippen molar-refractivity contribution in [3.8, 4) is 0 Å². The van der Waals surface area contributed by atoms with E-state index in [1.807, 2.05) is 7.05 Å². The van der Waals surface area contributed by atoms with E-state index in [1.165, 1.54) is 16.5 Å². The predicted octanol–water partition coefficient (Wildman–Crippen LogP) is 2.16. The van der Waals surface area contributed by atoms with Crippen LogP contribution in [0.4, 0.5) is 10.1 Å². The van der Waals surface area contributed by atoms with E-state index in [0.29, 0.717) is 17.8 Å². The number of thiophene rings is 1. The van der Waals surface area contributed by atoms with Crippen LogP contribution in [-0.2, 0) is 11.3 Å². The second kappa shape index (κ2) is 6.83. The highest BCUT2D eigenvalue weighted by molar-refractivity contribution is 7.10. The first-order chi connectivity index (χ1) is 9.95. The molecule has 2 N–H and O–H groups in total. The number of amides is 1. The van der Waals surface area contributed by atoms with Crippen molar-refractivity contribution >= 4 is 22.9 Å². The Morgan fingerprint density at radius 2 is 2.05 bits per heavy atom. The van der Waals surface area contributed by atoms with E-state index in [9.17, 15) is 9.18 Å². The summed E-state index contributed by atoms with van der Waals surface area (Å²) in [5.74, 6) is -0.410. The number of carbonyl (C=O) groups excluding carboxylic acids is 1. The van der Waals surface area contributed by atoms with Gasteiger partial charge >= 0.3 is 0 Å². The third-order valence-corrected chi connectivity index (χ3v) is 4.37. The van der Waals surface area contributed by atoms with Crippen LogP contribution in [0.3, 0.4) is 0 Å². The van der Waals surface area contributed by atoms with Crippen LogP contribution in [-0.4, -0.2) is 19.5 Å². The molecular formula is C16H20FN2OS+. The molecule has 1 aromatic heterocycles. The average Bonchev–Trinajstić information content (AvgIpc) is 2.79. The van der Waals surface area contributed by atoms with Gasteiger partial charge in [-0.25, -0.2) is 4.39 Å². The number of quaternary nitrogens is 1. The Bertz CT molecular complexity index is 639. The lowest BCUT2D eigenvalue weighted by molar-refractivity contribution is -0.884. The number of rotatable bonds is 5. The summed E-state index contributed by atoms with van der Waals surface area (Å²) in [5, 5.41) is 4.80. The summed E-state index contributed by atoms with van der Waals surface area (Å²) in [6.45, 7) is 4.95. The smallest absolute Gasteiger partial charge is 0.279 e. The molecule has 5 heteroatoms. The van der Waals surface area contributed by atoms with Crippen molar-refractivity contribution in [2.75, 3.05) is 18.9 Å². The van der Waals surface area contributed by atoms with Crippen molar-refractivity contribution in [3.05, 3.63) is 51.5 Å². The number of hydrogen-bond donors (Lipinski definition) is 2. The number of nitrogens with one attached hydrogen (secondary N) is 2. The molecular weight excluding hydrogens is 287 g/mol. The van der Waals surface area contributed by atoms with Crippen molar-refractivity contribution in [3.63, 3.8) is 0 Å². The molecule has 0 aliphatic rings. The monoisotopic (exact) mass is 307 g/mol. The Labute approximate surface area is 128 Å². The predicted molar refractivity (Wildman–Crippen MR) is 84.3 cm³/mol. The molecule has 0 aliphatic heterocycles. The molecule has 0 radical (unpaired) electrons. The van der Waals surface area contributed by atoms with E-state index in [-0.39, 0.29) is 11.7 Å². The number of anilines is 1. The molecule has 0 spiro atoms. The molecule has 3 nitrogen and oxygen atoms in total. The molecule has 0 saturated heterocycles. The van der Waals surface area contributed by atoms with Crippen molar-refractivity contribution in [1.82, 2.24) is 0 Å². The van der Waals surface area contributed by atoms with Gasteiger partial charge in [-0.05, 0) is 48.6 Å². The van der Waals surface area contributed by atoms with Gasteiger partial charge in [-0.1, -0.05) is 6.07 Å². The van der Waals surface area contributed by atoms with Gasteiger partial charge < -0.3 is 10.2 Å². The molecule has 2 rings (SSSR count). The minimum Gasteiger partial charge on any atom is -0.325 e. The Morgan fingerprint density at radius 1 is 1.29 bits per heavy atom. The summed E-state index contributed by atoms with van der Waals surface area (Å²) in [6, 6.07) is 6.82. The Hall–Kier alpha value is -1.72. The molecule has 0 bridgehead atoms. The number of benzene rings is 1. The SMILES string of the molecule is Cc1ccc(NC(=O)C[NH+](C)Cc2sccc2C)cc1F. The minimum absolute atomic E-state index is 0.107. The Morgan fingerprint density at radius 3 is 2.67 bits per heavy atom. The zero-order chi connectivity index (χ0) is 15.4. The van der Waals surface area contributed by atoms with Crippen LogP contribution in [0.5, 0.6) is 0 Å². The highest BCUT2D eigenvalue weighted by atomic mass is 32.1. The van der Waals surface area contributed by atoms with E-state index in [4.69, 9.17) is 0 Å². The highest BCUT2D eigenvalue weighted by Gasteiger charge is 2.13. The maximum atomic E-state index is 13.4. The second-order valence-electron chi connectivity index (χ2n) is 5.35. The quantitative estimate of drug-likeness (QED) is 0.872. The van der Waals surface area contributed by atoms with Gasteiger partial charge in [0.15, 0.2) is 6.54 Å². The Balaban J connectivity index is 1.89. The number of aryl methyl sites for hydroxylation is 2. The van der Waals surface area contributed by atoms with Gasteiger partial charge in [-0.2, -0.15) is 0 Å². The number of likely N-dealkylation sites (N-methyl/N-ethyl adjacent to an activating group) is 1. The van der Waals surface area contributed by atoms with Gasteiger partial charge in [0, 0.05) is 5.69 Å². The molecule has 1 atom stereocenters. The van der Waals surface area contributed by atoms with Gasteiger partial charge in [-0.15, -0.1) is 11.3 Å². The third-order valence-electron chi connectivity index (χ3n) is 3.35. The van der Waals surface area contributed by atoms with E-state index in [2.05, 4.69) is 23.7 Å². The van der Waals surface area contributed by atoms with E-state index in [1.54, 1.807) is 30.4 Å². The fourth-order valence-corrected chi connectivity index (χ4v) is 3.09. The Kier molecular flexibility index (Phi) is 5.09. The fourth-order valence-electron chi connectivity index (χ4n) is 2.07. The van der Waals surface area contributed by atoms with Crippen LogP contribution < -0.4 is 10.2 Å². The number of hydrogen-bond acceptors (Lipinski definition) is 2. The van der Waals surface area contributed by atoms with E-state index >= 15 is 0 Å². The summed E-state index contributed by atoms with van der Waals surface area (Å²) >= 11 is 1.71. The molecule has 112 valence electrons. The molecule has 0 fully saturated rings. The summed E-state index contributed by atoms with van der Waals surface area (Å²) in [6.07, 6.45) is 0. The first-order valence-corrected chi connectivity index (χ1v) is 7.74. The van der Waals surface area contributed by atoms with Crippen molar-refractivity contribution in [2.45, 2.75) is 20.4 Å². The zero-order valence-corrected chi connectivity index (χ0v) is 13.3. The maximum Gasteiger partial charge on any atom is 0.279 e. The third kappa shape index (κ3) is 4.37. The van der Waals surface area contributed by atoms with Crippen molar-refractivity contribution in [2.24, 2.45) is 0 Å². The molecule has 1 aromatic carbocycles. The maximum absolute atomic E-state index is 13.4.